The first-order valence-corrected chi connectivity index (χ1v) is 9.60. The molecule has 0 fully saturated rings. The molecule has 0 unspecified atom stereocenters. The molecule has 0 radical (unpaired) electrons. The monoisotopic (exact) mass is 425 g/mol. The average Bonchev–Trinajstić information content (AvgIpc) is 3.24. The predicted octanol–water partition coefficient (Wildman–Crippen LogP) is 2.94. The number of hydrogen-bond acceptors (Lipinski definition) is 8. The van der Waals surface area contributed by atoms with Gasteiger partial charge in [0.1, 0.15) is 11.5 Å². The van der Waals surface area contributed by atoms with E-state index < -0.39 is 0 Å². The van der Waals surface area contributed by atoms with E-state index in [0.717, 1.165) is 11.3 Å². The van der Waals surface area contributed by atoms with Gasteiger partial charge < -0.3 is 24.1 Å². The van der Waals surface area contributed by atoms with Crippen LogP contribution >= 0.6 is 0 Å². The third kappa shape index (κ3) is 6.56. The number of carbonyl (C=O) groups excluding carboxylic acids is 2. The minimum atomic E-state index is -0.385. The van der Waals surface area contributed by atoms with Gasteiger partial charge in [0, 0.05) is 6.42 Å². The van der Waals surface area contributed by atoms with Gasteiger partial charge >= 0.3 is 5.97 Å². The van der Waals surface area contributed by atoms with Gasteiger partial charge in [0.25, 0.3) is 5.89 Å². The molecular weight excluding hydrogens is 402 g/mol. The van der Waals surface area contributed by atoms with Crippen LogP contribution in [-0.4, -0.2) is 36.2 Å². The molecule has 0 aliphatic carbocycles. The number of benzene rings is 2. The van der Waals surface area contributed by atoms with Crippen molar-refractivity contribution < 1.29 is 28.3 Å². The molecule has 9 nitrogen and oxygen atoms in total. The van der Waals surface area contributed by atoms with E-state index in [9.17, 15) is 9.59 Å². The van der Waals surface area contributed by atoms with Crippen LogP contribution in [0.1, 0.15) is 23.7 Å². The van der Waals surface area contributed by atoms with Gasteiger partial charge in [-0.1, -0.05) is 29.4 Å². The molecule has 0 bridgehead atoms. The highest BCUT2D eigenvalue weighted by molar-refractivity contribution is 5.93. The molecular formula is C22H23N3O6. The topological polar surface area (TPSA) is 113 Å². The van der Waals surface area contributed by atoms with Crippen molar-refractivity contribution in [2.24, 2.45) is 0 Å². The molecule has 1 amide bonds. The van der Waals surface area contributed by atoms with Crippen LogP contribution in [0.4, 0.5) is 5.69 Å². The molecule has 0 aliphatic rings. The van der Waals surface area contributed by atoms with Crippen LogP contribution in [0.2, 0.25) is 0 Å². The Morgan fingerprint density at radius 2 is 1.81 bits per heavy atom. The maximum Gasteiger partial charge on any atom is 0.306 e. The molecule has 2 aromatic carbocycles. The van der Waals surface area contributed by atoms with Gasteiger partial charge in [0.05, 0.1) is 26.3 Å². The SMILES string of the molecule is COc1ccc(CCC(=O)OCc2nc(CC(=O)Nc3ccccc3OC)no2)cc1. The summed E-state index contributed by atoms with van der Waals surface area (Å²) >= 11 is 0. The van der Waals surface area contributed by atoms with Crippen molar-refractivity contribution >= 4 is 17.6 Å². The molecule has 0 atom stereocenters. The Morgan fingerprint density at radius 1 is 1.03 bits per heavy atom. The summed E-state index contributed by atoms with van der Waals surface area (Å²) in [6.45, 7) is -0.150. The van der Waals surface area contributed by atoms with Crippen molar-refractivity contribution in [3.05, 3.63) is 65.8 Å². The molecule has 162 valence electrons. The molecule has 0 saturated carbocycles. The predicted molar refractivity (Wildman–Crippen MR) is 111 cm³/mol. The minimum Gasteiger partial charge on any atom is -0.497 e. The van der Waals surface area contributed by atoms with E-state index in [2.05, 4.69) is 15.5 Å². The fourth-order valence-corrected chi connectivity index (χ4v) is 2.76. The molecule has 0 aliphatic heterocycles. The van der Waals surface area contributed by atoms with E-state index in [0.29, 0.717) is 17.9 Å². The number of esters is 1. The van der Waals surface area contributed by atoms with Gasteiger partial charge in [-0.2, -0.15) is 4.98 Å². The zero-order valence-electron chi connectivity index (χ0n) is 17.3. The van der Waals surface area contributed by atoms with E-state index in [1.165, 1.54) is 7.11 Å². The highest BCUT2D eigenvalue weighted by Gasteiger charge is 2.14. The largest absolute Gasteiger partial charge is 0.497 e. The standard InChI is InChI=1S/C22H23N3O6/c1-28-16-10-7-15(8-11-16)9-12-22(27)30-14-21-24-19(25-31-21)13-20(26)23-17-5-3-4-6-18(17)29-2/h3-8,10-11H,9,12-14H2,1-2H3,(H,23,26). The van der Waals surface area contributed by atoms with Crippen LogP contribution in [0.5, 0.6) is 11.5 Å². The number of rotatable bonds is 10. The first-order chi connectivity index (χ1) is 15.1. The summed E-state index contributed by atoms with van der Waals surface area (Å²) in [6, 6.07) is 14.5. The normalized spacial score (nSPS) is 10.4. The van der Waals surface area contributed by atoms with Gasteiger partial charge in [-0.25, -0.2) is 0 Å². The summed E-state index contributed by atoms with van der Waals surface area (Å²) in [5, 5.41) is 6.48. The fourth-order valence-electron chi connectivity index (χ4n) is 2.76. The number of carbonyl (C=O) groups is 2. The number of para-hydroxylation sites is 2. The lowest BCUT2D eigenvalue weighted by Gasteiger charge is -2.08. The summed E-state index contributed by atoms with van der Waals surface area (Å²) in [5.74, 6) is 0.911. The highest BCUT2D eigenvalue weighted by atomic mass is 16.6. The summed E-state index contributed by atoms with van der Waals surface area (Å²) < 4.78 is 20.5. The molecule has 9 heteroatoms. The summed E-state index contributed by atoms with van der Waals surface area (Å²) in [7, 11) is 3.12. The fraction of sp³-hybridized carbons (Fsp3) is 0.273. The van der Waals surface area contributed by atoms with Crippen molar-refractivity contribution in [1.82, 2.24) is 10.1 Å². The third-order valence-corrected chi connectivity index (χ3v) is 4.34. The maximum atomic E-state index is 12.2. The zero-order valence-corrected chi connectivity index (χ0v) is 17.3. The second-order valence-electron chi connectivity index (χ2n) is 6.54. The quantitative estimate of drug-likeness (QED) is 0.493. The van der Waals surface area contributed by atoms with Crippen molar-refractivity contribution in [2.75, 3.05) is 19.5 Å². The molecule has 1 heterocycles. The Kier molecular flexibility index (Phi) is 7.58. The van der Waals surface area contributed by atoms with Gasteiger partial charge in [-0.3, -0.25) is 9.59 Å². The van der Waals surface area contributed by atoms with E-state index in [-0.39, 0.29) is 43.0 Å². The minimum absolute atomic E-state index is 0.0903. The lowest BCUT2D eigenvalue weighted by molar-refractivity contribution is -0.145. The number of aromatic nitrogens is 2. The van der Waals surface area contributed by atoms with Gasteiger partial charge in [-0.05, 0) is 36.2 Å². The smallest absolute Gasteiger partial charge is 0.306 e. The van der Waals surface area contributed by atoms with Gasteiger partial charge in [0.15, 0.2) is 12.4 Å². The average molecular weight is 425 g/mol. The Bertz CT molecular complexity index is 1020. The molecule has 3 aromatic rings. The number of ether oxygens (including phenoxy) is 3. The van der Waals surface area contributed by atoms with E-state index in [1.54, 1.807) is 31.4 Å². The van der Waals surface area contributed by atoms with Crippen molar-refractivity contribution in [1.29, 1.82) is 0 Å². The van der Waals surface area contributed by atoms with Crippen LogP contribution < -0.4 is 14.8 Å². The number of aryl methyl sites for hydroxylation is 1. The number of nitrogens with zero attached hydrogens (tertiary/aromatic N) is 2. The lowest BCUT2D eigenvalue weighted by Crippen LogP contribution is -2.15. The molecule has 31 heavy (non-hydrogen) atoms. The summed E-state index contributed by atoms with van der Waals surface area (Å²) in [5.41, 5.74) is 1.54. The van der Waals surface area contributed by atoms with E-state index in [1.807, 2.05) is 24.3 Å². The van der Waals surface area contributed by atoms with Crippen LogP contribution in [0, 0.1) is 0 Å². The molecule has 0 spiro atoms. The Labute approximate surface area is 179 Å². The number of methoxy groups -OCH3 is 2. The molecule has 1 aromatic heterocycles. The van der Waals surface area contributed by atoms with Gasteiger partial charge in [0.2, 0.25) is 5.91 Å². The lowest BCUT2D eigenvalue weighted by atomic mass is 10.1. The maximum absolute atomic E-state index is 12.2. The number of hydrogen-bond donors (Lipinski definition) is 1. The first kappa shape index (κ1) is 21.8. The first-order valence-electron chi connectivity index (χ1n) is 9.60. The Hall–Kier alpha value is -3.88. The molecule has 1 N–H and O–H groups in total. The van der Waals surface area contributed by atoms with Crippen molar-refractivity contribution in [3.8, 4) is 11.5 Å². The Balaban J connectivity index is 1.42. The van der Waals surface area contributed by atoms with Crippen LogP contribution in [0.25, 0.3) is 0 Å². The summed E-state index contributed by atoms with van der Waals surface area (Å²) in [4.78, 5) is 28.2. The van der Waals surface area contributed by atoms with Crippen molar-refractivity contribution in [2.45, 2.75) is 25.9 Å². The summed E-state index contributed by atoms with van der Waals surface area (Å²) in [6.07, 6.45) is 0.669. The molecule has 3 rings (SSSR count). The van der Waals surface area contributed by atoms with Crippen molar-refractivity contribution in [3.63, 3.8) is 0 Å². The second-order valence-corrected chi connectivity index (χ2v) is 6.54. The van der Waals surface area contributed by atoms with Crippen LogP contribution in [-0.2, 0) is 33.8 Å². The molecule has 0 saturated heterocycles. The number of amides is 1. The van der Waals surface area contributed by atoms with Crippen LogP contribution in [0.15, 0.2) is 53.1 Å². The van der Waals surface area contributed by atoms with Gasteiger partial charge in [-0.15, -0.1) is 0 Å². The third-order valence-electron chi connectivity index (χ3n) is 4.34. The number of nitrogens with one attached hydrogen (secondary N) is 1. The zero-order chi connectivity index (χ0) is 22.1. The highest BCUT2D eigenvalue weighted by Crippen LogP contribution is 2.23. The van der Waals surface area contributed by atoms with E-state index >= 15 is 0 Å². The number of anilines is 1. The van der Waals surface area contributed by atoms with Crippen LogP contribution in [0.3, 0.4) is 0 Å². The second kappa shape index (κ2) is 10.8. The van der Waals surface area contributed by atoms with E-state index in [4.69, 9.17) is 18.7 Å². The Morgan fingerprint density at radius 3 is 2.55 bits per heavy atom.